The van der Waals surface area contributed by atoms with Gasteiger partial charge in [-0.05, 0) is 25.7 Å². The van der Waals surface area contributed by atoms with Crippen LogP contribution in [-0.2, 0) is 9.59 Å². The number of rotatable bonds is 19. The molecule has 0 heterocycles. The first kappa shape index (κ1) is 29.9. The molecule has 0 saturated heterocycles. The Morgan fingerprint density at radius 1 is 0.848 bits per heavy atom. The van der Waals surface area contributed by atoms with Crippen LogP contribution in [0.5, 0.6) is 0 Å². The quantitative estimate of drug-likeness (QED) is 0.0742. The van der Waals surface area contributed by atoms with Crippen molar-refractivity contribution in [1.82, 2.24) is 5.32 Å². The number of aliphatic carboxylic acids is 1. The number of nitrogens with zero attached hydrogens (tertiary/aromatic N) is 1. The normalized spacial score (nSPS) is 13.0. The summed E-state index contributed by atoms with van der Waals surface area (Å²) >= 11 is 0. The van der Waals surface area contributed by atoms with Gasteiger partial charge in [-0.1, -0.05) is 100 Å². The SMILES string of the molecule is CCCCCCCCCC=CC=CC=CC=CC=CC(=O)N[C@@H](CCCN=C(N)N)C(=O)O. The van der Waals surface area contributed by atoms with Crippen molar-refractivity contribution >= 4 is 17.8 Å². The van der Waals surface area contributed by atoms with Gasteiger partial charge in [-0.25, -0.2) is 4.79 Å². The van der Waals surface area contributed by atoms with Crippen LogP contribution >= 0.6 is 0 Å². The minimum Gasteiger partial charge on any atom is -0.480 e. The van der Waals surface area contributed by atoms with Crippen molar-refractivity contribution < 1.29 is 14.7 Å². The maximum absolute atomic E-state index is 11.9. The molecule has 0 saturated carbocycles. The highest BCUT2D eigenvalue weighted by atomic mass is 16.4. The van der Waals surface area contributed by atoms with E-state index in [1.165, 1.54) is 51.0 Å². The van der Waals surface area contributed by atoms with Gasteiger partial charge < -0.3 is 21.9 Å². The third kappa shape index (κ3) is 21.9. The van der Waals surface area contributed by atoms with Crippen LogP contribution < -0.4 is 16.8 Å². The van der Waals surface area contributed by atoms with E-state index in [4.69, 9.17) is 11.5 Å². The predicted molar refractivity (Wildman–Crippen MR) is 138 cm³/mol. The van der Waals surface area contributed by atoms with Gasteiger partial charge in [0.25, 0.3) is 0 Å². The van der Waals surface area contributed by atoms with Crippen LogP contribution in [0.25, 0.3) is 0 Å². The lowest BCUT2D eigenvalue weighted by Gasteiger charge is -2.12. The molecule has 1 atom stereocenters. The highest BCUT2D eigenvalue weighted by Crippen LogP contribution is 2.08. The van der Waals surface area contributed by atoms with Crippen molar-refractivity contribution in [2.45, 2.75) is 77.2 Å². The molecule has 7 nitrogen and oxygen atoms in total. The number of nitrogens with two attached hydrogens (primary N) is 2. The summed E-state index contributed by atoms with van der Waals surface area (Å²) in [5.41, 5.74) is 10.4. The van der Waals surface area contributed by atoms with Crippen molar-refractivity contribution in [3.8, 4) is 0 Å². The molecule has 1 amide bonds. The van der Waals surface area contributed by atoms with Crippen LogP contribution in [0.2, 0.25) is 0 Å². The molecule has 0 fully saturated rings. The second kappa shape index (κ2) is 22.1. The Balaban J connectivity index is 4.02. The average Bonchev–Trinajstić information content (AvgIpc) is 2.77. The zero-order valence-corrected chi connectivity index (χ0v) is 20.0. The Hall–Kier alpha value is -3.09. The lowest BCUT2D eigenvalue weighted by molar-refractivity contribution is -0.141. The molecule has 6 N–H and O–H groups in total. The Labute approximate surface area is 199 Å². The summed E-state index contributed by atoms with van der Waals surface area (Å²) in [7, 11) is 0. The van der Waals surface area contributed by atoms with Gasteiger partial charge in [0.05, 0.1) is 0 Å². The molecule has 0 unspecified atom stereocenters. The van der Waals surface area contributed by atoms with Crippen molar-refractivity contribution in [2.24, 2.45) is 16.5 Å². The van der Waals surface area contributed by atoms with E-state index in [1.807, 2.05) is 24.3 Å². The van der Waals surface area contributed by atoms with E-state index >= 15 is 0 Å². The number of aliphatic imine (C=N–C) groups is 1. The highest BCUT2D eigenvalue weighted by molar-refractivity contribution is 5.91. The maximum atomic E-state index is 11.9. The van der Waals surface area contributed by atoms with Gasteiger partial charge in [0.2, 0.25) is 5.91 Å². The average molecular weight is 459 g/mol. The highest BCUT2D eigenvalue weighted by Gasteiger charge is 2.17. The fraction of sp³-hybridized carbons (Fsp3) is 0.500. The maximum Gasteiger partial charge on any atom is 0.326 e. The van der Waals surface area contributed by atoms with E-state index in [-0.39, 0.29) is 12.4 Å². The lowest BCUT2D eigenvalue weighted by atomic mass is 10.1. The number of carbonyl (C=O) groups excluding carboxylic acids is 1. The summed E-state index contributed by atoms with van der Waals surface area (Å²) in [5, 5.41) is 11.6. The molecule has 0 bridgehead atoms. The molecule has 0 aliphatic rings. The first-order valence-electron chi connectivity index (χ1n) is 11.9. The minimum absolute atomic E-state index is 0.0413. The van der Waals surface area contributed by atoms with Crippen LogP contribution in [0.4, 0.5) is 0 Å². The van der Waals surface area contributed by atoms with E-state index < -0.39 is 17.9 Å². The van der Waals surface area contributed by atoms with E-state index in [9.17, 15) is 14.7 Å². The zero-order chi connectivity index (χ0) is 24.6. The van der Waals surface area contributed by atoms with Crippen molar-refractivity contribution in [1.29, 1.82) is 0 Å². The second-order valence-corrected chi connectivity index (χ2v) is 7.70. The first-order chi connectivity index (χ1) is 16.0. The molecular formula is C26H42N4O3. The monoisotopic (exact) mass is 458 g/mol. The van der Waals surface area contributed by atoms with Crippen molar-refractivity contribution in [3.63, 3.8) is 0 Å². The van der Waals surface area contributed by atoms with Crippen LogP contribution in [0.3, 0.4) is 0 Å². The third-order valence-corrected chi connectivity index (χ3v) is 4.70. The van der Waals surface area contributed by atoms with Gasteiger partial charge in [0.15, 0.2) is 5.96 Å². The summed E-state index contributed by atoms with van der Waals surface area (Å²) in [6, 6.07) is -0.982. The summed E-state index contributed by atoms with van der Waals surface area (Å²) in [6.07, 6.45) is 29.4. The molecular weight excluding hydrogens is 416 g/mol. The van der Waals surface area contributed by atoms with Crippen molar-refractivity contribution in [2.75, 3.05) is 6.54 Å². The molecule has 33 heavy (non-hydrogen) atoms. The standard InChI is InChI=1S/C26H42N4O3/c1-2-3-4-5-6-7-8-9-10-11-12-13-14-15-16-17-18-21-24(31)30-23(25(32)33)20-19-22-29-26(27)28/h10-18,21,23H,2-9,19-20,22H2,1H3,(H,30,31)(H,32,33)(H4,27,28,29)/t23-/m0/s1. The molecule has 184 valence electrons. The minimum atomic E-state index is -1.09. The van der Waals surface area contributed by atoms with Crippen LogP contribution in [0.15, 0.2) is 65.8 Å². The summed E-state index contributed by atoms with van der Waals surface area (Å²) in [5.74, 6) is -1.60. The van der Waals surface area contributed by atoms with Gasteiger partial charge in [-0.2, -0.15) is 0 Å². The smallest absolute Gasteiger partial charge is 0.326 e. The Kier molecular flexibility index (Phi) is 20.0. The molecule has 0 aliphatic heterocycles. The molecule has 0 aromatic rings. The Morgan fingerprint density at radius 3 is 2.03 bits per heavy atom. The number of amides is 1. The molecule has 0 aromatic carbocycles. The van der Waals surface area contributed by atoms with Gasteiger partial charge in [-0.3, -0.25) is 9.79 Å². The number of unbranched alkanes of at least 4 members (excludes halogenated alkanes) is 7. The second-order valence-electron chi connectivity index (χ2n) is 7.70. The first-order valence-corrected chi connectivity index (χ1v) is 11.9. The summed E-state index contributed by atoms with van der Waals surface area (Å²) < 4.78 is 0. The third-order valence-electron chi connectivity index (χ3n) is 4.70. The van der Waals surface area contributed by atoms with E-state index in [1.54, 1.807) is 18.2 Å². The summed E-state index contributed by atoms with van der Waals surface area (Å²) in [4.78, 5) is 26.9. The van der Waals surface area contributed by atoms with Crippen LogP contribution in [0.1, 0.15) is 71.1 Å². The topological polar surface area (TPSA) is 131 Å². The number of hydrogen-bond acceptors (Lipinski definition) is 3. The van der Waals surface area contributed by atoms with Gasteiger partial charge in [0.1, 0.15) is 6.04 Å². The largest absolute Gasteiger partial charge is 0.480 e. The summed E-state index contributed by atoms with van der Waals surface area (Å²) in [6.45, 7) is 2.56. The molecule has 0 radical (unpaired) electrons. The molecule has 0 spiro atoms. The molecule has 7 heteroatoms. The number of nitrogens with one attached hydrogen (secondary N) is 1. The number of hydrogen-bond donors (Lipinski definition) is 4. The van der Waals surface area contributed by atoms with Crippen LogP contribution in [-0.4, -0.2) is 35.5 Å². The number of guanidine groups is 1. The fourth-order valence-electron chi connectivity index (χ4n) is 2.90. The molecule has 0 rings (SSSR count). The fourth-order valence-corrected chi connectivity index (χ4v) is 2.90. The van der Waals surface area contributed by atoms with Gasteiger partial charge in [-0.15, -0.1) is 0 Å². The number of allylic oxidation sites excluding steroid dienone is 9. The zero-order valence-electron chi connectivity index (χ0n) is 20.0. The van der Waals surface area contributed by atoms with E-state index in [0.717, 1.165) is 6.42 Å². The van der Waals surface area contributed by atoms with Gasteiger partial charge in [0, 0.05) is 12.6 Å². The lowest BCUT2D eigenvalue weighted by Crippen LogP contribution is -2.40. The Bertz CT molecular complexity index is 702. The van der Waals surface area contributed by atoms with E-state index in [0.29, 0.717) is 13.0 Å². The Morgan fingerprint density at radius 2 is 1.42 bits per heavy atom. The van der Waals surface area contributed by atoms with Gasteiger partial charge >= 0.3 is 5.97 Å². The predicted octanol–water partition coefficient (Wildman–Crippen LogP) is 4.53. The number of carboxylic acid groups (broad SMARTS) is 1. The van der Waals surface area contributed by atoms with E-state index in [2.05, 4.69) is 29.4 Å². The molecule has 0 aromatic heterocycles. The van der Waals surface area contributed by atoms with Crippen LogP contribution in [0, 0.1) is 0 Å². The molecule has 0 aliphatic carbocycles. The number of carboxylic acids is 1. The van der Waals surface area contributed by atoms with Crippen molar-refractivity contribution in [3.05, 3.63) is 60.8 Å². The number of carbonyl (C=O) groups is 2.